The Labute approximate surface area is 96.5 Å². The highest BCUT2D eigenvalue weighted by Crippen LogP contribution is 2.24. The smallest absolute Gasteiger partial charge is 0.329 e. The number of urea groups is 1. The van der Waals surface area contributed by atoms with Crippen LogP contribution in [-0.2, 0) is 4.74 Å². The minimum Gasteiger partial charge on any atom is -0.379 e. The van der Waals surface area contributed by atoms with Crippen LogP contribution in [0.4, 0.5) is 4.79 Å². The molecular weight excluding hydrogens is 206 g/mol. The zero-order valence-corrected chi connectivity index (χ0v) is 9.73. The lowest BCUT2D eigenvalue weighted by Gasteiger charge is -2.42. The molecule has 0 radical (unpaired) electrons. The molecule has 0 atom stereocenters. The Kier molecular flexibility index (Phi) is 4.01. The number of ether oxygens (including phenoxy) is 1. The summed E-state index contributed by atoms with van der Waals surface area (Å²) >= 11 is 0. The second-order valence-corrected chi connectivity index (χ2v) is 4.54. The Bertz CT molecular complexity index is 217. The molecule has 1 saturated carbocycles. The minimum atomic E-state index is -0.311. The summed E-state index contributed by atoms with van der Waals surface area (Å²) in [6.45, 7) is 2.94. The molecule has 0 aromatic carbocycles. The van der Waals surface area contributed by atoms with E-state index in [-0.39, 0.29) is 6.03 Å². The number of carbonyl (C=O) groups is 1. The minimum absolute atomic E-state index is 0.310. The van der Waals surface area contributed by atoms with Gasteiger partial charge in [0.25, 0.3) is 0 Å². The van der Waals surface area contributed by atoms with Crippen molar-refractivity contribution in [3.63, 3.8) is 0 Å². The summed E-state index contributed by atoms with van der Waals surface area (Å²) in [5.41, 5.74) is 5.50. The van der Waals surface area contributed by atoms with Gasteiger partial charge in [-0.2, -0.15) is 0 Å². The van der Waals surface area contributed by atoms with Crippen molar-refractivity contribution >= 4 is 6.03 Å². The summed E-state index contributed by atoms with van der Waals surface area (Å²) in [5.74, 6) is 0. The van der Waals surface area contributed by atoms with Gasteiger partial charge < -0.3 is 10.5 Å². The lowest BCUT2D eigenvalue weighted by atomic mass is 9.95. The quantitative estimate of drug-likeness (QED) is 0.764. The molecule has 2 rings (SSSR count). The Morgan fingerprint density at radius 1 is 1.19 bits per heavy atom. The van der Waals surface area contributed by atoms with E-state index in [0.29, 0.717) is 19.3 Å². The number of rotatable bonds is 2. The molecule has 0 aromatic heterocycles. The summed E-state index contributed by atoms with van der Waals surface area (Å²) in [5, 5.41) is 3.84. The summed E-state index contributed by atoms with van der Waals surface area (Å²) in [6, 6.07) is -0.00171. The number of hydrogen-bond acceptors (Lipinski definition) is 3. The number of nitrogens with two attached hydrogens (primary N) is 1. The number of primary amides is 1. The van der Waals surface area contributed by atoms with Crippen LogP contribution in [0.3, 0.4) is 0 Å². The van der Waals surface area contributed by atoms with Crippen molar-refractivity contribution in [2.75, 3.05) is 26.3 Å². The topological polar surface area (TPSA) is 58.8 Å². The van der Waals surface area contributed by atoms with Crippen LogP contribution in [0.25, 0.3) is 0 Å². The van der Waals surface area contributed by atoms with Crippen LogP contribution in [0.2, 0.25) is 0 Å². The third kappa shape index (κ3) is 2.65. The molecule has 0 bridgehead atoms. The van der Waals surface area contributed by atoms with Gasteiger partial charge in [-0.05, 0) is 12.8 Å². The first-order valence-corrected chi connectivity index (χ1v) is 6.20. The van der Waals surface area contributed by atoms with Gasteiger partial charge in [0, 0.05) is 13.1 Å². The fourth-order valence-corrected chi connectivity index (χ4v) is 2.65. The van der Waals surface area contributed by atoms with Gasteiger partial charge in [-0.3, -0.25) is 5.01 Å². The molecule has 2 amide bonds. The van der Waals surface area contributed by atoms with Crippen LogP contribution in [0.15, 0.2) is 0 Å². The van der Waals surface area contributed by atoms with E-state index < -0.39 is 0 Å². The van der Waals surface area contributed by atoms with Gasteiger partial charge >= 0.3 is 6.03 Å². The van der Waals surface area contributed by atoms with E-state index in [1.807, 2.05) is 0 Å². The third-order valence-electron chi connectivity index (χ3n) is 3.44. The Morgan fingerprint density at radius 3 is 2.38 bits per heavy atom. The predicted octanol–water partition coefficient (Wildman–Crippen LogP) is 0.947. The molecule has 0 unspecified atom stereocenters. The number of carbonyl (C=O) groups excluding carboxylic acids is 1. The summed E-state index contributed by atoms with van der Waals surface area (Å²) in [4.78, 5) is 11.6. The molecule has 1 saturated heterocycles. The number of hydrazine groups is 1. The van der Waals surface area contributed by atoms with E-state index in [2.05, 4.69) is 5.01 Å². The maximum Gasteiger partial charge on any atom is 0.329 e. The fraction of sp³-hybridized carbons (Fsp3) is 0.909. The van der Waals surface area contributed by atoms with E-state index in [4.69, 9.17) is 10.5 Å². The van der Waals surface area contributed by atoms with Crippen LogP contribution in [0.5, 0.6) is 0 Å². The van der Waals surface area contributed by atoms with Crippen molar-refractivity contribution in [3.8, 4) is 0 Å². The number of morpholine rings is 1. The second kappa shape index (κ2) is 5.50. The standard InChI is InChI=1S/C11H21N3O2/c12-11(15)14(10-4-2-1-3-5-10)13-6-8-16-9-7-13/h10H,1-9H2,(H2,12,15). The van der Waals surface area contributed by atoms with Gasteiger partial charge in [0.05, 0.1) is 19.3 Å². The van der Waals surface area contributed by atoms with Crippen molar-refractivity contribution in [3.05, 3.63) is 0 Å². The van der Waals surface area contributed by atoms with Crippen LogP contribution in [0, 0.1) is 0 Å². The lowest BCUT2D eigenvalue weighted by Crippen LogP contribution is -2.57. The molecule has 2 fully saturated rings. The van der Waals surface area contributed by atoms with Crippen molar-refractivity contribution in [1.29, 1.82) is 0 Å². The second-order valence-electron chi connectivity index (χ2n) is 4.54. The molecule has 1 aliphatic heterocycles. The lowest BCUT2D eigenvalue weighted by molar-refractivity contribution is -0.0857. The average molecular weight is 227 g/mol. The van der Waals surface area contributed by atoms with E-state index in [0.717, 1.165) is 25.9 Å². The third-order valence-corrected chi connectivity index (χ3v) is 3.44. The molecule has 2 N–H and O–H groups in total. The Balaban J connectivity index is 1.99. The van der Waals surface area contributed by atoms with Crippen LogP contribution in [-0.4, -0.2) is 48.4 Å². The normalized spacial score (nSPS) is 24.2. The molecule has 0 spiro atoms. The summed E-state index contributed by atoms with van der Waals surface area (Å²) in [6.07, 6.45) is 5.87. The van der Waals surface area contributed by atoms with Crippen molar-refractivity contribution in [1.82, 2.24) is 10.0 Å². The SMILES string of the molecule is NC(=O)N(C1CCCCC1)N1CCOCC1. The van der Waals surface area contributed by atoms with Gasteiger partial charge in [-0.15, -0.1) is 0 Å². The van der Waals surface area contributed by atoms with Crippen LogP contribution >= 0.6 is 0 Å². The monoisotopic (exact) mass is 227 g/mol. The van der Waals surface area contributed by atoms with E-state index >= 15 is 0 Å². The summed E-state index contributed by atoms with van der Waals surface area (Å²) < 4.78 is 5.30. The first-order valence-electron chi connectivity index (χ1n) is 6.20. The van der Waals surface area contributed by atoms with E-state index in [1.54, 1.807) is 5.01 Å². The van der Waals surface area contributed by atoms with Gasteiger partial charge in [0.15, 0.2) is 0 Å². The molecule has 5 heteroatoms. The molecule has 0 aromatic rings. The Hall–Kier alpha value is -0.810. The average Bonchev–Trinajstić information content (AvgIpc) is 2.31. The molecular formula is C11H21N3O2. The number of hydrogen-bond donors (Lipinski definition) is 1. The Morgan fingerprint density at radius 2 is 1.81 bits per heavy atom. The molecule has 5 nitrogen and oxygen atoms in total. The fourth-order valence-electron chi connectivity index (χ4n) is 2.65. The highest BCUT2D eigenvalue weighted by molar-refractivity contribution is 5.71. The first-order chi connectivity index (χ1) is 7.79. The van der Waals surface area contributed by atoms with Gasteiger partial charge in [0.2, 0.25) is 0 Å². The maximum absolute atomic E-state index is 11.6. The van der Waals surface area contributed by atoms with Crippen molar-refractivity contribution in [2.24, 2.45) is 5.73 Å². The van der Waals surface area contributed by atoms with Crippen molar-refractivity contribution in [2.45, 2.75) is 38.1 Å². The van der Waals surface area contributed by atoms with E-state index in [1.165, 1.54) is 19.3 Å². The van der Waals surface area contributed by atoms with Crippen LogP contribution in [0.1, 0.15) is 32.1 Å². The largest absolute Gasteiger partial charge is 0.379 e. The molecule has 1 heterocycles. The maximum atomic E-state index is 11.6. The molecule has 16 heavy (non-hydrogen) atoms. The van der Waals surface area contributed by atoms with E-state index in [9.17, 15) is 4.79 Å². The highest BCUT2D eigenvalue weighted by atomic mass is 16.5. The van der Waals surface area contributed by atoms with Gasteiger partial charge in [0.1, 0.15) is 0 Å². The molecule has 1 aliphatic carbocycles. The molecule has 92 valence electrons. The zero-order chi connectivity index (χ0) is 11.4. The number of nitrogens with zero attached hydrogens (tertiary/aromatic N) is 2. The van der Waals surface area contributed by atoms with Gasteiger partial charge in [-0.25, -0.2) is 9.80 Å². The molecule has 2 aliphatic rings. The van der Waals surface area contributed by atoms with Gasteiger partial charge in [-0.1, -0.05) is 19.3 Å². The number of amides is 2. The highest BCUT2D eigenvalue weighted by Gasteiger charge is 2.29. The summed E-state index contributed by atoms with van der Waals surface area (Å²) in [7, 11) is 0. The van der Waals surface area contributed by atoms with Crippen molar-refractivity contribution < 1.29 is 9.53 Å². The zero-order valence-electron chi connectivity index (χ0n) is 9.73. The predicted molar refractivity (Wildman–Crippen MR) is 60.7 cm³/mol. The van der Waals surface area contributed by atoms with Crippen LogP contribution < -0.4 is 5.73 Å². The first kappa shape index (κ1) is 11.7.